The fourth-order valence-corrected chi connectivity index (χ4v) is 4.37. The first-order valence-electron chi connectivity index (χ1n) is 8.99. The molecule has 0 saturated carbocycles. The Morgan fingerprint density at radius 3 is 2.39 bits per heavy atom. The SMILES string of the molecule is C=CCO[C@@H]1O[C@H](CS[C@@H]2O[C@@H](C)[C@@H](O)[C@@H](O)[C@@H]2O)[C@@H](O)[C@H](O)[C@H]1NC(C)=O. The molecule has 162 valence electrons. The number of nitrogens with one attached hydrogen (secondary N) is 1. The Morgan fingerprint density at radius 1 is 1.11 bits per heavy atom. The molecule has 2 fully saturated rings. The molecule has 0 aromatic carbocycles. The Morgan fingerprint density at radius 2 is 1.79 bits per heavy atom. The Balaban J connectivity index is 2.02. The van der Waals surface area contributed by atoms with Gasteiger partial charge in [0.15, 0.2) is 6.29 Å². The Hall–Kier alpha value is -0.760. The van der Waals surface area contributed by atoms with Crippen LogP contribution in [0, 0.1) is 0 Å². The van der Waals surface area contributed by atoms with Crippen molar-refractivity contribution >= 4 is 17.7 Å². The molecule has 0 aromatic heterocycles. The maximum Gasteiger partial charge on any atom is 0.217 e. The second-order valence-electron chi connectivity index (χ2n) is 6.89. The van der Waals surface area contributed by atoms with Crippen LogP contribution in [0.2, 0.25) is 0 Å². The predicted octanol–water partition coefficient (Wildman–Crippen LogP) is -2.30. The maximum absolute atomic E-state index is 11.4. The summed E-state index contributed by atoms with van der Waals surface area (Å²) in [6, 6.07) is -0.970. The minimum Gasteiger partial charge on any atom is -0.388 e. The third-order valence-electron chi connectivity index (χ3n) is 4.68. The molecular formula is C17H29NO9S. The lowest BCUT2D eigenvalue weighted by Gasteiger charge is -2.43. The normalized spacial score (nSPS) is 44.1. The number of hydrogen-bond acceptors (Lipinski definition) is 10. The molecule has 10 nitrogen and oxygen atoms in total. The highest BCUT2D eigenvalue weighted by Gasteiger charge is 2.47. The third kappa shape index (κ3) is 5.43. The van der Waals surface area contributed by atoms with Gasteiger partial charge in [0.25, 0.3) is 0 Å². The van der Waals surface area contributed by atoms with E-state index in [9.17, 15) is 30.3 Å². The summed E-state index contributed by atoms with van der Waals surface area (Å²) in [4.78, 5) is 11.4. The maximum atomic E-state index is 11.4. The summed E-state index contributed by atoms with van der Waals surface area (Å²) in [6.07, 6.45) is -7.70. The standard InChI is InChI=1S/C17H29NO9S/c1-4-5-25-16-10(18-8(3)19)13(22)12(21)9(27-16)6-28-17-15(24)14(23)11(20)7(2)26-17/h4,7,9-17,20-24H,1,5-6H2,2-3H3,(H,18,19)/t7-,9+,10+,11+,12+,13+,14+,15-,16+,17-/m0/s1. The van der Waals surface area contributed by atoms with Gasteiger partial charge in [-0.3, -0.25) is 4.79 Å². The molecule has 2 aliphatic heterocycles. The van der Waals surface area contributed by atoms with Crippen LogP contribution in [0.3, 0.4) is 0 Å². The van der Waals surface area contributed by atoms with Crippen molar-refractivity contribution in [3.05, 3.63) is 12.7 Å². The fraction of sp³-hybridized carbons (Fsp3) is 0.824. The van der Waals surface area contributed by atoms with Gasteiger partial charge in [0.1, 0.15) is 42.0 Å². The number of carbonyl (C=O) groups is 1. The van der Waals surface area contributed by atoms with Crippen molar-refractivity contribution < 1.29 is 44.5 Å². The van der Waals surface area contributed by atoms with Crippen LogP contribution in [-0.2, 0) is 19.0 Å². The highest BCUT2D eigenvalue weighted by Crippen LogP contribution is 2.31. The zero-order chi connectivity index (χ0) is 21.0. The van der Waals surface area contributed by atoms with Crippen molar-refractivity contribution in [2.45, 2.75) is 74.3 Å². The number of ether oxygens (including phenoxy) is 3. The molecule has 1 amide bonds. The van der Waals surface area contributed by atoms with E-state index in [0.717, 1.165) is 11.8 Å². The highest BCUT2D eigenvalue weighted by atomic mass is 32.2. The van der Waals surface area contributed by atoms with E-state index in [4.69, 9.17) is 14.2 Å². The van der Waals surface area contributed by atoms with E-state index in [1.54, 1.807) is 6.92 Å². The van der Waals surface area contributed by atoms with Gasteiger partial charge >= 0.3 is 0 Å². The smallest absolute Gasteiger partial charge is 0.217 e. The lowest BCUT2D eigenvalue weighted by Crippen LogP contribution is -2.64. The molecule has 2 saturated heterocycles. The van der Waals surface area contributed by atoms with Gasteiger partial charge in [-0.2, -0.15) is 0 Å². The molecule has 0 spiro atoms. The lowest BCUT2D eigenvalue weighted by atomic mass is 9.97. The van der Waals surface area contributed by atoms with Gasteiger partial charge in [-0.15, -0.1) is 18.3 Å². The van der Waals surface area contributed by atoms with E-state index in [1.165, 1.54) is 13.0 Å². The van der Waals surface area contributed by atoms with Crippen molar-refractivity contribution in [3.8, 4) is 0 Å². The van der Waals surface area contributed by atoms with Gasteiger partial charge in [0.2, 0.25) is 5.91 Å². The highest BCUT2D eigenvalue weighted by molar-refractivity contribution is 7.99. The van der Waals surface area contributed by atoms with Gasteiger partial charge in [-0.05, 0) is 6.92 Å². The number of amides is 1. The number of hydrogen-bond donors (Lipinski definition) is 6. The molecule has 0 unspecified atom stereocenters. The molecule has 6 N–H and O–H groups in total. The average Bonchev–Trinajstić information content (AvgIpc) is 2.65. The summed E-state index contributed by atoms with van der Waals surface area (Å²) in [7, 11) is 0. The van der Waals surface area contributed by atoms with Crippen LogP contribution in [0.1, 0.15) is 13.8 Å². The molecule has 0 bridgehead atoms. The Bertz CT molecular complexity index is 539. The molecule has 0 aliphatic carbocycles. The zero-order valence-electron chi connectivity index (χ0n) is 15.7. The van der Waals surface area contributed by atoms with E-state index < -0.39 is 66.4 Å². The molecule has 10 atom stereocenters. The van der Waals surface area contributed by atoms with Gasteiger partial charge < -0.3 is 45.1 Å². The molecule has 2 aliphatic rings. The van der Waals surface area contributed by atoms with Crippen molar-refractivity contribution in [1.29, 1.82) is 0 Å². The fourth-order valence-electron chi connectivity index (χ4n) is 3.10. The van der Waals surface area contributed by atoms with Crippen molar-refractivity contribution in [2.75, 3.05) is 12.4 Å². The number of thioether (sulfide) groups is 1. The number of carbonyl (C=O) groups excluding carboxylic acids is 1. The lowest BCUT2D eigenvalue weighted by molar-refractivity contribution is -0.256. The van der Waals surface area contributed by atoms with Crippen LogP contribution in [0.15, 0.2) is 12.7 Å². The molecule has 2 heterocycles. The topological polar surface area (TPSA) is 158 Å². The Labute approximate surface area is 167 Å². The van der Waals surface area contributed by atoms with Crippen LogP contribution >= 0.6 is 11.8 Å². The second kappa shape index (κ2) is 10.3. The van der Waals surface area contributed by atoms with Crippen LogP contribution in [0.5, 0.6) is 0 Å². The summed E-state index contributed by atoms with van der Waals surface area (Å²) < 4.78 is 16.7. The minimum absolute atomic E-state index is 0.0935. The predicted molar refractivity (Wildman–Crippen MR) is 99.2 cm³/mol. The summed E-state index contributed by atoms with van der Waals surface area (Å²) >= 11 is 1.07. The summed E-state index contributed by atoms with van der Waals surface area (Å²) in [5, 5.41) is 53.1. The van der Waals surface area contributed by atoms with Gasteiger partial charge in [-0.25, -0.2) is 0 Å². The zero-order valence-corrected chi connectivity index (χ0v) is 16.6. The van der Waals surface area contributed by atoms with Gasteiger partial charge in [0.05, 0.1) is 18.8 Å². The van der Waals surface area contributed by atoms with Gasteiger partial charge in [-0.1, -0.05) is 6.08 Å². The van der Waals surface area contributed by atoms with Gasteiger partial charge in [0, 0.05) is 12.7 Å². The molecule has 0 radical (unpaired) electrons. The number of aliphatic hydroxyl groups excluding tert-OH is 5. The Kier molecular flexibility index (Phi) is 8.67. The molecule has 2 rings (SSSR count). The first-order chi connectivity index (χ1) is 13.2. The summed E-state index contributed by atoms with van der Waals surface area (Å²) in [5.74, 6) is -0.323. The quantitative estimate of drug-likeness (QED) is 0.246. The summed E-state index contributed by atoms with van der Waals surface area (Å²) in [5.41, 5.74) is -0.859. The van der Waals surface area contributed by atoms with Crippen LogP contribution < -0.4 is 5.32 Å². The summed E-state index contributed by atoms with van der Waals surface area (Å²) in [6.45, 7) is 6.49. The minimum atomic E-state index is -1.36. The third-order valence-corrected chi connectivity index (χ3v) is 5.92. The largest absolute Gasteiger partial charge is 0.388 e. The number of rotatable bonds is 7. The van der Waals surface area contributed by atoms with Crippen LogP contribution in [0.25, 0.3) is 0 Å². The van der Waals surface area contributed by atoms with E-state index in [0.29, 0.717) is 0 Å². The van der Waals surface area contributed by atoms with Crippen molar-refractivity contribution in [2.24, 2.45) is 0 Å². The van der Waals surface area contributed by atoms with E-state index in [2.05, 4.69) is 11.9 Å². The molecule has 11 heteroatoms. The molecule has 28 heavy (non-hydrogen) atoms. The molecular weight excluding hydrogens is 394 g/mol. The first-order valence-corrected chi connectivity index (χ1v) is 10.0. The van der Waals surface area contributed by atoms with E-state index >= 15 is 0 Å². The second-order valence-corrected chi connectivity index (χ2v) is 8.02. The number of aliphatic hydroxyl groups is 5. The van der Waals surface area contributed by atoms with E-state index in [-0.39, 0.29) is 12.4 Å². The van der Waals surface area contributed by atoms with E-state index in [1.807, 2.05) is 0 Å². The monoisotopic (exact) mass is 423 g/mol. The van der Waals surface area contributed by atoms with Crippen LogP contribution in [-0.4, -0.2) is 104 Å². The first kappa shape index (κ1) is 23.5. The molecule has 0 aromatic rings. The van der Waals surface area contributed by atoms with Crippen molar-refractivity contribution in [3.63, 3.8) is 0 Å². The average molecular weight is 423 g/mol. The van der Waals surface area contributed by atoms with Crippen molar-refractivity contribution in [1.82, 2.24) is 5.32 Å². The van der Waals surface area contributed by atoms with Crippen LogP contribution in [0.4, 0.5) is 0 Å².